The third-order valence-electron chi connectivity index (χ3n) is 0.581. The van der Waals surface area contributed by atoms with Gasteiger partial charge in [0.2, 0.25) is 0 Å². The molecule has 0 aliphatic rings. The van der Waals surface area contributed by atoms with Gasteiger partial charge in [0.05, 0.1) is 12.5 Å². The van der Waals surface area contributed by atoms with Crippen molar-refractivity contribution in [2.75, 3.05) is 0 Å². The molecule has 0 saturated heterocycles. The van der Waals surface area contributed by atoms with E-state index in [2.05, 4.69) is 10.2 Å². The SMILES string of the molecule is N#CCC=O.c1cn[nH]c1. The van der Waals surface area contributed by atoms with Crippen LogP contribution in [0.3, 0.4) is 0 Å². The molecule has 0 fully saturated rings. The van der Waals surface area contributed by atoms with Gasteiger partial charge in [-0.3, -0.25) is 5.10 Å². The molecular weight excluding hydrogens is 130 g/mol. The van der Waals surface area contributed by atoms with Crippen LogP contribution < -0.4 is 0 Å². The van der Waals surface area contributed by atoms with Gasteiger partial charge in [0.25, 0.3) is 0 Å². The molecule has 0 atom stereocenters. The molecule has 1 rings (SSSR count). The van der Waals surface area contributed by atoms with Gasteiger partial charge >= 0.3 is 0 Å². The van der Waals surface area contributed by atoms with Gasteiger partial charge in [-0.25, -0.2) is 0 Å². The normalized spacial score (nSPS) is 6.70. The Morgan fingerprint density at radius 2 is 2.60 bits per heavy atom. The number of aldehydes is 1. The summed E-state index contributed by atoms with van der Waals surface area (Å²) in [7, 11) is 0. The lowest BCUT2D eigenvalue weighted by Crippen LogP contribution is -1.60. The Balaban J connectivity index is 0.000000162. The molecular formula is C6H7N3O. The molecule has 4 heteroatoms. The van der Waals surface area contributed by atoms with Crippen molar-refractivity contribution in [3.8, 4) is 6.07 Å². The minimum absolute atomic E-state index is 0.0139. The van der Waals surface area contributed by atoms with Crippen LogP contribution in [0, 0.1) is 11.3 Å². The van der Waals surface area contributed by atoms with E-state index in [1.54, 1.807) is 18.5 Å². The predicted octanol–water partition coefficient (Wildman–Crippen LogP) is 0.509. The van der Waals surface area contributed by atoms with Crippen molar-refractivity contribution in [3.63, 3.8) is 0 Å². The van der Waals surface area contributed by atoms with Crippen LogP contribution in [-0.2, 0) is 4.79 Å². The number of nitriles is 1. The molecule has 1 heterocycles. The maximum atomic E-state index is 9.18. The van der Waals surface area contributed by atoms with Crippen molar-refractivity contribution in [2.45, 2.75) is 6.42 Å². The summed E-state index contributed by atoms with van der Waals surface area (Å²) in [5, 5.41) is 13.8. The lowest BCUT2D eigenvalue weighted by molar-refractivity contribution is -0.107. The molecule has 1 aromatic heterocycles. The Bertz CT molecular complexity index is 170. The Labute approximate surface area is 58.5 Å². The Hall–Kier alpha value is -1.63. The molecule has 1 N–H and O–H groups in total. The number of carbonyl (C=O) groups is 1. The molecule has 0 aromatic carbocycles. The van der Waals surface area contributed by atoms with Crippen molar-refractivity contribution < 1.29 is 4.79 Å². The van der Waals surface area contributed by atoms with Gasteiger partial charge in [0.15, 0.2) is 0 Å². The number of hydrogen-bond donors (Lipinski definition) is 1. The minimum Gasteiger partial charge on any atom is -0.302 e. The van der Waals surface area contributed by atoms with Gasteiger partial charge in [-0.15, -0.1) is 0 Å². The fourth-order valence-corrected chi connectivity index (χ4v) is 0.252. The fraction of sp³-hybridized carbons (Fsp3) is 0.167. The average molecular weight is 137 g/mol. The van der Waals surface area contributed by atoms with E-state index in [1.165, 1.54) is 0 Å². The van der Waals surface area contributed by atoms with Crippen LogP contribution in [0.15, 0.2) is 18.5 Å². The van der Waals surface area contributed by atoms with E-state index in [9.17, 15) is 4.79 Å². The topological polar surface area (TPSA) is 69.5 Å². The van der Waals surface area contributed by atoms with Crippen LogP contribution in [0.2, 0.25) is 0 Å². The van der Waals surface area contributed by atoms with Crippen LogP contribution in [-0.4, -0.2) is 16.5 Å². The first-order valence-corrected chi connectivity index (χ1v) is 2.66. The number of carbonyl (C=O) groups excluding carboxylic acids is 1. The molecule has 1 aromatic rings. The van der Waals surface area contributed by atoms with E-state index < -0.39 is 0 Å². The summed E-state index contributed by atoms with van der Waals surface area (Å²) < 4.78 is 0. The predicted molar refractivity (Wildman–Crippen MR) is 34.9 cm³/mol. The lowest BCUT2D eigenvalue weighted by Gasteiger charge is -1.50. The first kappa shape index (κ1) is 8.37. The molecule has 52 valence electrons. The quantitative estimate of drug-likeness (QED) is 0.573. The van der Waals surface area contributed by atoms with Crippen molar-refractivity contribution in [3.05, 3.63) is 18.5 Å². The number of hydrogen-bond acceptors (Lipinski definition) is 3. The van der Waals surface area contributed by atoms with Crippen molar-refractivity contribution in [1.82, 2.24) is 10.2 Å². The maximum Gasteiger partial charge on any atom is 0.134 e. The van der Waals surface area contributed by atoms with Crippen molar-refractivity contribution >= 4 is 6.29 Å². The third kappa shape index (κ3) is 6.37. The summed E-state index contributed by atoms with van der Waals surface area (Å²) in [5.74, 6) is 0. The largest absolute Gasteiger partial charge is 0.302 e. The zero-order valence-electron chi connectivity index (χ0n) is 5.32. The van der Waals surface area contributed by atoms with Gasteiger partial charge in [0, 0.05) is 12.4 Å². The van der Waals surface area contributed by atoms with E-state index in [0.29, 0.717) is 6.29 Å². The standard InChI is InChI=1S/C3H4N2.C3H3NO/c1-2-4-5-3-1;4-2-1-3-5/h1-3H,(H,4,5);3H,1H2. The van der Waals surface area contributed by atoms with Crippen LogP contribution >= 0.6 is 0 Å². The summed E-state index contributed by atoms with van der Waals surface area (Å²) in [6.07, 6.45) is 4.04. The highest BCUT2D eigenvalue weighted by Gasteiger charge is 1.63. The van der Waals surface area contributed by atoms with Gasteiger partial charge in [0.1, 0.15) is 6.29 Å². The molecule has 10 heavy (non-hydrogen) atoms. The van der Waals surface area contributed by atoms with Crippen LogP contribution in [0.4, 0.5) is 0 Å². The summed E-state index contributed by atoms with van der Waals surface area (Å²) in [4.78, 5) is 9.18. The fourth-order valence-electron chi connectivity index (χ4n) is 0.252. The Morgan fingerprint density at radius 3 is 2.70 bits per heavy atom. The first-order valence-electron chi connectivity index (χ1n) is 2.66. The van der Waals surface area contributed by atoms with Gasteiger partial charge in [-0.05, 0) is 6.07 Å². The van der Waals surface area contributed by atoms with E-state index in [0.717, 1.165) is 0 Å². The second-order valence-electron chi connectivity index (χ2n) is 1.30. The van der Waals surface area contributed by atoms with E-state index in [4.69, 9.17) is 5.26 Å². The summed E-state index contributed by atoms with van der Waals surface area (Å²) >= 11 is 0. The average Bonchev–Trinajstić information content (AvgIpc) is 2.44. The summed E-state index contributed by atoms with van der Waals surface area (Å²) in [6, 6.07) is 3.48. The van der Waals surface area contributed by atoms with Crippen molar-refractivity contribution in [1.29, 1.82) is 5.26 Å². The van der Waals surface area contributed by atoms with Gasteiger partial charge < -0.3 is 4.79 Å². The van der Waals surface area contributed by atoms with E-state index in [-0.39, 0.29) is 6.42 Å². The number of H-pyrrole nitrogens is 1. The molecule has 0 unspecified atom stereocenters. The molecule has 0 saturated carbocycles. The number of rotatable bonds is 1. The second-order valence-corrected chi connectivity index (χ2v) is 1.30. The Morgan fingerprint density at radius 1 is 1.80 bits per heavy atom. The smallest absolute Gasteiger partial charge is 0.134 e. The summed E-state index contributed by atoms with van der Waals surface area (Å²) in [5.41, 5.74) is 0. The van der Waals surface area contributed by atoms with Crippen LogP contribution in [0.1, 0.15) is 6.42 Å². The molecule has 0 radical (unpaired) electrons. The molecule has 0 aliphatic carbocycles. The molecule has 4 nitrogen and oxygen atoms in total. The molecule has 0 bridgehead atoms. The second kappa shape index (κ2) is 7.37. The van der Waals surface area contributed by atoms with E-state index >= 15 is 0 Å². The van der Waals surface area contributed by atoms with E-state index in [1.807, 2.05) is 6.07 Å². The lowest BCUT2D eigenvalue weighted by atomic mass is 10.5. The first-order chi connectivity index (χ1) is 4.91. The minimum atomic E-state index is 0.0139. The molecule has 0 amide bonds. The number of aromatic amines is 1. The number of nitrogens with one attached hydrogen (secondary N) is 1. The molecule has 0 spiro atoms. The highest BCUT2D eigenvalue weighted by atomic mass is 16.1. The highest BCUT2D eigenvalue weighted by Crippen LogP contribution is 1.64. The Kier molecular flexibility index (Phi) is 6.17. The summed E-state index contributed by atoms with van der Waals surface area (Å²) in [6.45, 7) is 0. The zero-order chi connectivity index (χ0) is 7.66. The molecule has 0 aliphatic heterocycles. The van der Waals surface area contributed by atoms with Crippen LogP contribution in [0.25, 0.3) is 0 Å². The highest BCUT2D eigenvalue weighted by molar-refractivity contribution is 5.52. The zero-order valence-corrected chi connectivity index (χ0v) is 5.32. The van der Waals surface area contributed by atoms with Gasteiger partial charge in [-0.2, -0.15) is 10.4 Å². The van der Waals surface area contributed by atoms with Crippen LogP contribution in [0.5, 0.6) is 0 Å². The number of nitrogens with zero attached hydrogens (tertiary/aromatic N) is 2. The third-order valence-corrected chi connectivity index (χ3v) is 0.581. The monoisotopic (exact) mass is 137 g/mol. The van der Waals surface area contributed by atoms with Crippen molar-refractivity contribution in [2.24, 2.45) is 0 Å². The van der Waals surface area contributed by atoms with Gasteiger partial charge in [-0.1, -0.05) is 0 Å². The number of aromatic nitrogens is 2. The maximum absolute atomic E-state index is 9.18.